The maximum absolute atomic E-state index is 11.3. The number of carboxylic acids is 1. The SMILES string of the molecule is O=C(O)C(Sc1ccc(Br)cn1)c1ccccc1. The largest absolute Gasteiger partial charge is 0.480 e. The number of carbonyl (C=O) groups is 1. The number of aliphatic carboxylic acids is 1. The first-order chi connectivity index (χ1) is 8.66. The standard InChI is InChI=1S/C13H10BrNO2S/c14-10-6-7-11(15-8-10)18-12(13(16)17)9-4-2-1-3-5-9/h1-8,12H,(H,16,17). The van der Waals surface area contributed by atoms with Crippen molar-refractivity contribution >= 4 is 33.7 Å². The monoisotopic (exact) mass is 323 g/mol. The van der Waals surface area contributed by atoms with Crippen LogP contribution in [0.4, 0.5) is 0 Å². The molecule has 0 bridgehead atoms. The van der Waals surface area contributed by atoms with Gasteiger partial charge in [-0.1, -0.05) is 42.1 Å². The summed E-state index contributed by atoms with van der Waals surface area (Å²) in [5.41, 5.74) is 0.764. The predicted octanol–water partition coefficient (Wildman–Crippen LogP) is 3.76. The van der Waals surface area contributed by atoms with Crippen molar-refractivity contribution < 1.29 is 9.90 Å². The number of rotatable bonds is 4. The van der Waals surface area contributed by atoms with Crippen LogP contribution in [-0.2, 0) is 4.79 Å². The molecule has 0 saturated carbocycles. The highest BCUT2D eigenvalue weighted by Gasteiger charge is 2.21. The fourth-order valence-corrected chi connectivity index (χ4v) is 2.57. The second-order valence-corrected chi connectivity index (χ2v) is 5.60. The Morgan fingerprint density at radius 3 is 2.50 bits per heavy atom. The molecule has 3 nitrogen and oxygen atoms in total. The van der Waals surface area contributed by atoms with E-state index in [2.05, 4.69) is 20.9 Å². The number of carboxylic acid groups (broad SMARTS) is 1. The third-order valence-electron chi connectivity index (χ3n) is 2.27. The zero-order valence-electron chi connectivity index (χ0n) is 9.29. The van der Waals surface area contributed by atoms with E-state index in [0.29, 0.717) is 5.03 Å². The summed E-state index contributed by atoms with van der Waals surface area (Å²) in [5, 5.41) is 9.34. The van der Waals surface area contributed by atoms with Gasteiger partial charge in [-0.2, -0.15) is 0 Å². The molecule has 18 heavy (non-hydrogen) atoms. The molecule has 0 amide bonds. The van der Waals surface area contributed by atoms with E-state index >= 15 is 0 Å². The van der Waals surface area contributed by atoms with E-state index in [9.17, 15) is 9.90 Å². The Hall–Kier alpha value is -1.33. The third kappa shape index (κ3) is 3.34. The normalized spacial score (nSPS) is 12.1. The van der Waals surface area contributed by atoms with Crippen LogP contribution in [0.2, 0.25) is 0 Å². The van der Waals surface area contributed by atoms with Gasteiger partial charge in [-0.3, -0.25) is 4.79 Å². The lowest BCUT2D eigenvalue weighted by Crippen LogP contribution is -2.07. The van der Waals surface area contributed by atoms with Crippen LogP contribution in [0, 0.1) is 0 Å². The molecule has 0 spiro atoms. The smallest absolute Gasteiger partial charge is 0.321 e. The van der Waals surface area contributed by atoms with Crippen molar-refractivity contribution in [1.82, 2.24) is 4.98 Å². The van der Waals surface area contributed by atoms with Crippen LogP contribution in [0.5, 0.6) is 0 Å². The summed E-state index contributed by atoms with van der Waals surface area (Å²) in [5.74, 6) is -0.865. The molecule has 92 valence electrons. The van der Waals surface area contributed by atoms with Crippen molar-refractivity contribution in [3.05, 3.63) is 58.7 Å². The molecule has 1 aromatic heterocycles. The van der Waals surface area contributed by atoms with Gasteiger partial charge in [0, 0.05) is 10.7 Å². The van der Waals surface area contributed by atoms with Gasteiger partial charge in [0.15, 0.2) is 0 Å². The number of nitrogens with zero attached hydrogens (tertiary/aromatic N) is 1. The molecule has 0 saturated heterocycles. The average Bonchev–Trinajstić information content (AvgIpc) is 2.38. The Kier molecular flexibility index (Phi) is 4.38. The van der Waals surface area contributed by atoms with E-state index in [1.807, 2.05) is 36.4 Å². The van der Waals surface area contributed by atoms with E-state index in [4.69, 9.17) is 0 Å². The van der Waals surface area contributed by atoms with E-state index in [0.717, 1.165) is 10.0 Å². The van der Waals surface area contributed by atoms with Crippen LogP contribution in [0.1, 0.15) is 10.8 Å². The highest BCUT2D eigenvalue weighted by molar-refractivity contribution is 9.10. The molecule has 1 aromatic carbocycles. The maximum Gasteiger partial charge on any atom is 0.321 e. The molecule has 0 aliphatic heterocycles. The van der Waals surface area contributed by atoms with Gasteiger partial charge in [0.2, 0.25) is 0 Å². The molecule has 0 aliphatic carbocycles. The average molecular weight is 324 g/mol. The number of halogens is 1. The van der Waals surface area contributed by atoms with Crippen LogP contribution in [0.3, 0.4) is 0 Å². The van der Waals surface area contributed by atoms with E-state index < -0.39 is 11.2 Å². The number of aromatic nitrogens is 1. The van der Waals surface area contributed by atoms with Gasteiger partial charge in [0.25, 0.3) is 0 Å². The summed E-state index contributed by atoms with van der Waals surface area (Å²) in [6.45, 7) is 0. The Morgan fingerprint density at radius 1 is 1.22 bits per heavy atom. The molecular weight excluding hydrogens is 314 g/mol. The Labute approximate surface area is 117 Å². The van der Waals surface area contributed by atoms with Gasteiger partial charge in [0.1, 0.15) is 5.25 Å². The number of thioether (sulfide) groups is 1. The molecule has 1 unspecified atom stereocenters. The first-order valence-electron chi connectivity index (χ1n) is 5.23. The first kappa shape index (κ1) is 13.1. The Balaban J connectivity index is 2.22. The lowest BCUT2D eigenvalue weighted by Gasteiger charge is -2.11. The summed E-state index contributed by atoms with van der Waals surface area (Å²) in [4.78, 5) is 15.5. The molecule has 1 atom stereocenters. The molecule has 1 heterocycles. The summed E-state index contributed by atoms with van der Waals surface area (Å²) in [6, 6.07) is 12.8. The van der Waals surface area contributed by atoms with Gasteiger partial charge in [-0.25, -0.2) is 4.98 Å². The predicted molar refractivity (Wildman–Crippen MR) is 74.6 cm³/mol. The minimum absolute atomic E-state index is 0.639. The van der Waals surface area contributed by atoms with Crippen LogP contribution < -0.4 is 0 Å². The second kappa shape index (κ2) is 6.02. The van der Waals surface area contributed by atoms with E-state index in [1.54, 1.807) is 12.3 Å². The van der Waals surface area contributed by atoms with Crippen molar-refractivity contribution in [1.29, 1.82) is 0 Å². The molecular formula is C13H10BrNO2S. The zero-order chi connectivity index (χ0) is 13.0. The van der Waals surface area contributed by atoms with Crippen LogP contribution in [0.15, 0.2) is 58.2 Å². The summed E-state index contributed by atoms with van der Waals surface area (Å²) >= 11 is 4.52. The Morgan fingerprint density at radius 2 is 1.94 bits per heavy atom. The maximum atomic E-state index is 11.3. The van der Waals surface area contributed by atoms with Gasteiger partial charge in [-0.05, 0) is 33.6 Å². The molecule has 2 rings (SSSR count). The van der Waals surface area contributed by atoms with Crippen LogP contribution in [0.25, 0.3) is 0 Å². The van der Waals surface area contributed by atoms with Crippen molar-refractivity contribution in [2.24, 2.45) is 0 Å². The number of hydrogen-bond acceptors (Lipinski definition) is 3. The summed E-state index contributed by atoms with van der Waals surface area (Å²) in [7, 11) is 0. The number of hydrogen-bond donors (Lipinski definition) is 1. The molecule has 5 heteroatoms. The van der Waals surface area contributed by atoms with Crippen molar-refractivity contribution in [3.8, 4) is 0 Å². The van der Waals surface area contributed by atoms with Crippen LogP contribution >= 0.6 is 27.7 Å². The van der Waals surface area contributed by atoms with E-state index in [-0.39, 0.29) is 0 Å². The topological polar surface area (TPSA) is 50.2 Å². The third-order valence-corrected chi connectivity index (χ3v) is 3.93. The number of pyridine rings is 1. The molecule has 1 N–H and O–H groups in total. The van der Waals surface area contributed by atoms with Crippen LogP contribution in [-0.4, -0.2) is 16.1 Å². The van der Waals surface area contributed by atoms with Crippen molar-refractivity contribution in [2.45, 2.75) is 10.3 Å². The lowest BCUT2D eigenvalue weighted by molar-refractivity contribution is -0.136. The van der Waals surface area contributed by atoms with Gasteiger partial charge >= 0.3 is 5.97 Å². The highest BCUT2D eigenvalue weighted by Crippen LogP contribution is 2.34. The highest BCUT2D eigenvalue weighted by atomic mass is 79.9. The molecule has 2 aromatic rings. The molecule has 0 aliphatic rings. The fourth-order valence-electron chi connectivity index (χ4n) is 1.44. The molecule has 0 radical (unpaired) electrons. The summed E-state index contributed by atoms with van der Waals surface area (Å²) in [6.07, 6.45) is 1.66. The van der Waals surface area contributed by atoms with Crippen molar-refractivity contribution in [2.75, 3.05) is 0 Å². The van der Waals surface area contributed by atoms with Gasteiger partial charge < -0.3 is 5.11 Å². The quantitative estimate of drug-likeness (QED) is 0.870. The van der Waals surface area contributed by atoms with E-state index in [1.165, 1.54) is 11.8 Å². The van der Waals surface area contributed by atoms with Gasteiger partial charge in [-0.15, -0.1) is 0 Å². The second-order valence-electron chi connectivity index (χ2n) is 3.56. The minimum atomic E-state index is -0.865. The van der Waals surface area contributed by atoms with Gasteiger partial charge in [0.05, 0.1) is 5.03 Å². The fraction of sp³-hybridized carbons (Fsp3) is 0.0769. The number of benzene rings is 1. The summed E-state index contributed by atoms with van der Waals surface area (Å²) < 4.78 is 0.874. The van der Waals surface area contributed by atoms with Crippen molar-refractivity contribution in [3.63, 3.8) is 0 Å². The minimum Gasteiger partial charge on any atom is -0.480 e. The lowest BCUT2D eigenvalue weighted by atomic mass is 10.1. The Bertz CT molecular complexity index is 530. The molecule has 0 fully saturated rings. The first-order valence-corrected chi connectivity index (χ1v) is 6.90. The zero-order valence-corrected chi connectivity index (χ0v) is 11.7.